The first-order valence-corrected chi connectivity index (χ1v) is 21.0. The first-order valence-electron chi connectivity index (χ1n) is 21.0. The maximum Gasteiger partial charge on any atom is 0.320 e. The standard InChI is InChI=1S/C52H60N2O8/c1-51(2,3)61-47(58)35-53(33-42-31-37(23-26-44(42)55)24-28-46(57)60-7)29-30-54(36-48(59)62-52(4,5)6)34-43-32-41(25-27-45(43)56)50(40-21-15-10-16-22-40)49(38-17-11-8-12-18-38)39-19-13-9-14-20-39/h8-23,25-27,31-32,55-56H,24,28-30,33-36H2,1-7H3. The van der Waals surface area contributed by atoms with Crippen LogP contribution in [0, 0.1) is 0 Å². The molecule has 0 amide bonds. The molecule has 0 aromatic heterocycles. The van der Waals surface area contributed by atoms with Crippen LogP contribution in [0.15, 0.2) is 127 Å². The fraction of sp³-hybridized carbons (Fsp3) is 0.327. The van der Waals surface area contributed by atoms with Gasteiger partial charge in [-0.3, -0.25) is 24.2 Å². The van der Waals surface area contributed by atoms with Gasteiger partial charge in [0.1, 0.15) is 22.7 Å². The van der Waals surface area contributed by atoms with E-state index in [0.717, 1.165) is 39.0 Å². The van der Waals surface area contributed by atoms with Gasteiger partial charge in [-0.2, -0.15) is 0 Å². The highest BCUT2D eigenvalue weighted by Crippen LogP contribution is 2.38. The zero-order valence-corrected chi connectivity index (χ0v) is 37.0. The Balaban J connectivity index is 1.54. The quantitative estimate of drug-likeness (QED) is 0.0501. The van der Waals surface area contributed by atoms with E-state index in [-0.39, 0.29) is 63.2 Å². The summed E-state index contributed by atoms with van der Waals surface area (Å²) in [4.78, 5) is 42.4. The lowest BCUT2D eigenvalue weighted by molar-refractivity contribution is -0.158. The summed E-state index contributed by atoms with van der Waals surface area (Å²) in [5, 5.41) is 22.4. The molecular formula is C52H60N2O8. The van der Waals surface area contributed by atoms with Crippen molar-refractivity contribution in [3.8, 4) is 11.5 Å². The lowest BCUT2D eigenvalue weighted by Crippen LogP contribution is -2.41. The van der Waals surface area contributed by atoms with Gasteiger partial charge in [0.15, 0.2) is 0 Å². The van der Waals surface area contributed by atoms with Crippen molar-refractivity contribution in [1.82, 2.24) is 9.80 Å². The zero-order valence-electron chi connectivity index (χ0n) is 37.0. The van der Waals surface area contributed by atoms with Crippen LogP contribution in [0.2, 0.25) is 0 Å². The SMILES string of the molecule is COC(=O)CCc1ccc(O)c(CN(CCN(CC(=O)OC(C)(C)C)Cc2cc(C(=C(c3ccccc3)c3ccccc3)c3ccccc3)ccc2O)CC(=O)OC(C)(C)C)c1. The summed E-state index contributed by atoms with van der Waals surface area (Å²) in [7, 11) is 1.34. The first-order chi connectivity index (χ1) is 29.5. The van der Waals surface area contributed by atoms with Crippen LogP contribution in [-0.2, 0) is 48.1 Å². The van der Waals surface area contributed by atoms with Gasteiger partial charge in [-0.25, -0.2) is 0 Å². The molecule has 0 saturated heterocycles. The largest absolute Gasteiger partial charge is 0.508 e. The molecule has 0 spiro atoms. The molecule has 2 N–H and O–H groups in total. The van der Waals surface area contributed by atoms with E-state index in [2.05, 4.69) is 36.4 Å². The summed E-state index contributed by atoms with van der Waals surface area (Å²) in [6, 6.07) is 41.3. The van der Waals surface area contributed by atoms with Gasteiger partial charge in [-0.1, -0.05) is 109 Å². The van der Waals surface area contributed by atoms with Gasteiger partial charge in [-0.05, 0) is 105 Å². The molecule has 0 bridgehead atoms. The molecule has 5 aromatic rings. The number of aryl methyl sites for hydroxylation is 1. The number of esters is 3. The van der Waals surface area contributed by atoms with Gasteiger partial charge in [0.05, 0.1) is 20.2 Å². The topological polar surface area (TPSA) is 126 Å². The second-order valence-electron chi connectivity index (χ2n) is 17.3. The average Bonchev–Trinajstić information content (AvgIpc) is 3.22. The van der Waals surface area contributed by atoms with Gasteiger partial charge >= 0.3 is 17.9 Å². The maximum absolute atomic E-state index is 13.5. The normalized spacial score (nSPS) is 11.6. The number of carbonyl (C=O) groups excluding carboxylic acids is 3. The first kappa shape index (κ1) is 46.8. The van der Waals surface area contributed by atoms with Crippen molar-refractivity contribution in [2.24, 2.45) is 0 Å². The van der Waals surface area contributed by atoms with Crippen molar-refractivity contribution in [1.29, 1.82) is 0 Å². The van der Waals surface area contributed by atoms with E-state index >= 15 is 0 Å². The summed E-state index contributed by atoms with van der Waals surface area (Å²) in [6.45, 7) is 11.5. The number of phenolic OH excluding ortho intramolecular Hbond substituents is 2. The highest BCUT2D eigenvalue weighted by molar-refractivity contribution is 6.04. The number of hydrogen-bond acceptors (Lipinski definition) is 10. The van der Waals surface area contributed by atoms with Crippen LogP contribution in [-0.4, -0.2) is 82.4 Å². The van der Waals surface area contributed by atoms with Gasteiger partial charge in [0, 0.05) is 43.7 Å². The third-order valence-electron chi connectivity index (χ3n) is 9.86. The van der Waals surface area contributed by atoms with Crippen molar-refractivity contribution >= 4 is 29.1 Å². The minimum absolute atomic E-state index is 0.0426. The zero-order chi connectivity index (χ0) is 44.9. The number of phenols is 2. The molecule has 5 aromatic carbocycles. The fourth-order valence-corrected chi connectivity index (χ4v) is 7.17. The molecule has 62 heavy (non-hydrogen) atoms. The van der Waals surface area contributed by atoms with E-state index in [1.165, 1.54) is 7.11 Å². The molecule has 0 aliphatic rings. The third kappa shape index (κ3) is 14.5. The minimum Gasteiger partial charge on any atom is -0.508 e. The summed E-state index contributed by atoms with van der Waals surface area (Å²) >= 11 is 0. The lowest BCUT2D eigenvalue weighted by atomic mass is 9.85. The molecule has 10 heteroatoms. The Morgan fingerprint density at radius 3 is 1.34 bits per heavy atom. The Morgan fingerprint density at radius 2 is 0.919 bits per heavy atom. The minimum atomic E-state index is -0.732. The Labute approximate surface area is 366 Å². The molecule has 10 nitrogen and oxygen atoms in total. The summed E-state index contributed by atoms with van der Waals surface area (Å²) in [5.41, 5.74) is 6.45. The highest BCUT2D eigenvalue weighted by Gasteiger charge is 2.25. The number of nitrogens with zero attached hydrogens (tertiary/aromatic N) is 2. The van der Waals surface area contributed by atoms with Crippen LogP contribution < -0.4 is 0 Å². The van der Waals surface area contributed by atoms with Crippen molar-refractivity contribution in [3.63, 3.8) is 0 Å². The van der Waals surface area contributed by atoms with Crippen molar-refractivity contribution in [3.05, 3.63) is 166 Å². The van der Waals surface area contributed by atoms with Gasteiger partial charge < -0.3 is 24.4 Å². The highest BCUT2D eigenvalue weighted by atomic mass is 16.6. The van der Waals surface area contributed by atoms with Crippen LogP contribution >= 0.6 is 0 Å². The predicted molar refractivity (Wildman–Crippen MR) is 243 cm³/mol. The fourth-order valence-electron chi connectivity index (χ4n) is 7.17. The maximum atomic E-state index is 13.5. The number of ether oxygens (including phenoxy) is 3. The molecule has 326 valence electrons. The molecule has 0 aliphatic heterocycles. The van der Waals surface area contributed by atoms with E-state index in [1.54, 1.807) is 39.0 Å². The van der Waals surface area contributed by atoms with E-state index in [0.29, 0.717) is 17.5 Å². The van der Waals surface area contributed by atoms with Crippen molar-refractivity contribution in [2.75, 3.05) is 33.3 Å². The van der Waals surface area contributed by atoms with Crippen LogP contribution in [0.5, 0.6) is 11.5 Å². The van der Waals surface area contributed by atoms with E-state index in [1.807, 2.05) is 103 Å². The lowest BCUT2D eigenvalue weighted by Gasteiger charge is -2.29. The van der Waals surface area contributed by atoms with Crippen LogP contribution in [0.4, 0.5) is 0 Å². The summed E-state index contributed by atoms with van der Waals surface area (Å²) in [6.07, 6.45) is 0.593. The Hall–Kier alpha value is -6.23. The monoisotopic (exact) mass is 840 g/mol. The Kier molecular flexibility index (Phi) is 16.3. The molecular weight excluding hydrogens is 781 g/mol. The summed E-state index contributed by atoms with van der Waals surface area (Å²) < 4.78 is 16.3. The number of benzene rings is 5. The molecule has 0 unspecified atom stereocenters. The third-order valence-corrected chi connectivity index (χ3v) is 9.86. The molecule has 0 fully saturated rings. The smallest absolute Gasteiger partial charge is 0.320 e. The van der Waals surface area contributed by atoms with Crippen LogP contribution in [0.3, 0.4) is 0 Å². The van der Waals surface area contributed by atoms with Crippen LogP contribution in [0.25, 0.3) is 11.1 Å². The number of aromatic hydroxyl groups is 2. The van der Waals surface area contributed by atoms with E-state index in [9.17, 15) is 24.6 Å². The molecule has 0 saturated carbocycles. The van der Waals surface area contributed by atoms with Crippen molar-refractivity contribution < 1.29 is 38.8 Å². The number of methoxy groups -OCH3 is 1. The molecule has 5 rings (SSSR count). The molecule has 0 radical (unpaired) electrons. The Bertz CT molecular complexity index is 2250. The predicted octanol–water partition coefficient (Wildman–Crippen LogP) is 9.20. The molecule has 0 atom stereocenters. The second kappa shape index (κ2) is 21.5. The molecule has 0 aliphatic carbocycles. The number of rotatable bonds is 18. The second-order valence-corrected chi connectivity index (χ2v) is 17.3. The molecule has 0 heterocycles. The Morgan fingerprint density at radius 1 is 0.516 bits per heavy atom. The van der Waals surface area contributed by atoms with Gasteiger partial charge in [0.2, 0.25) is 0 Å². The summed E-state index contributed by atoms with van der Waals surface area (Å²) in [5.74, 6) is -1.12. The van der Waals surface area contributed by atoms with E-state index < -0.39 is 23.1 Å². The van der Waals surface area contributed by atoms with Crippen LogP contribution in [0.1, 0.15) is 86.9 Å². The average molecular weight is 841 g/mol. The van der Waals surface area contributed by atoms with Gasteiger partial charge in [0.25, 0.3) is 0 Å². The van der Waals surface area contributed by atoms with Gasteiger partial charge in [-0.15, -0.1) is 0 Å². The van der Waals surface area contributed by atoms with E-state index in [4.69, 9.17) is 14.2 Å². The number of hydrogen-bond donors (Lipinski definition) is 2. The van der Waals surface area contributed by atoms with Crippen molar-refractivity contribution in [2.45, 2.75) is 78.7 Å². The number of carbonyl (C=O) groups is 3.